The highest BCUT2D eigenvalue weighted by Gasteiger charge is 2.26. The predicted octanol–water partition coefficient (Wildman–Crippen LogP) is 6.06. The molecule has 0 atom stereocenters. The second-order valence-electron chi connectivity index (χ2n) is 11.7. The number of pyridine rings is 1. The summed E-state index contributed by atoms with van der Waals surface area (Å²) in [6.45, 7) is 14.8. The Kier molecular flexibility index (Phi) is 7.22. The van der Waals surface area contributed by atoms with E-state index in [0.29, 0.717) is 6.04 Å². The number of hydrogen-bond donors (Lipinski definition) is 2. The van der Waals surface area contributed by atoms with E-state index in [9.17, 15) is 4.79 Å². The lowest BCUT2D eigenvalue weighted by atomic mass is 9.92. The maximum Gasteiger partial charge on any atom is 0.410 e. The summed E-state index contributed by atoms with van der Waals surface area (Å²) in [4.78, 5) is 22.1. The lowest BCUT2D eigenvalue weighted by Gasteiger charge is -2.33. The summed E-state index contributed by atoms with van der Waals surface area (Å²) >= 11 is 0. The van der Waals surface area contributed by atoms with E-state index in [1.807, 2.05) is 31.9 Å². The van der Waals surface area contributed by atoms with Crippen LogP contribution >= 0.6 is 0 Å². The van der Waals surface area contributed by atoms with Crippen LogP contribution in [0.1, 0.15) is 65.6 Å². The van der Waals surface area contributed by atoms with Gasteiger partial charge in [-0.15, -0.1) is 0 Å². The van der Waals surface area contributed by atoms with Crippen molar-refractivity contribution in [2.45, 2.75) is 77.9 Å². The number of carbonyl (C=O) groups excluding carboxylic acids is 1. The summed E-state index contributed by atoms with van der Waals surface area (Å²) in [7, 11) is 0. The van der Waals surface area contributed by atoms with Gasteiger partial charge in [-0.25, -0.2) is 9.78 Å². The normalized spacial score (nSPS) is 15.5. The monoisotopic (exact) mass is 476 g/mol. The molecule has 188 valence electrons. The topological polar surface area (TPSA) is 70.2 Å². The van der Waals surface area contributed by atoms with Crippen LogP contribution in [-0.4, -0.2) is 52.2 Å². The molecule has 2 N–H and O–H groups in total. The SMILES string of the molecule is CC(C)(C)OC(=O)N1CCC(NCCc2ccc(-c3ccnc4[nH]c(C(C)(C)C)cc34)cc2)CC1. The Labute approximate surface area is 209 Å². The van der Waals surface area contributed by atoms with Gasteiger partial charge in [0, 0.05) is 41.8 Å². The first kappa shape index (κ1) is 25.2. The first-order valence-electron chi connectivity index (χ1n) is 12.8. The van der Waals surface area contributed by atoms with Crippen LogP contribution < -0.4 is 5.32 Å². The molecule has 0 aliphatic carbocycles. The molecule has 1 fully saturated rings. The van der Waals surface area contributed by atoms with Gasteiger partial charge in [0.1, 0.15) is 11.2 Å². The Balaban J connectivity index is 1.29. The van der Waals surface area contributed by atoms with Crippen LogP contribution in [0.2, 0.25) is 0 Å². The number of carbonyl (C=O) groups is 1. The molecule has 6 heteroatoms. The number of ether oxygens (including phenoxy) is 1. The highest BCUT2D eigenvalue weighted by atomic mass is 16.6. The minimum absolute atomic E-state index is 0.0567. The Morgan fingerprint density at radius 3 is 2.40 bits per heavy atom. The van der Waals surface area contributed by atoms with Gasteiger partial charge in [0.05, 0.1) is 0 Å². The van der Waals surface area contributed by atoms with Gasteiger partial charge in [0.15, 0.2) is 0 Å². The Hall–Kier alpha value is -2.86. The summed E-state index contributed by atoms with van der Waals surface area (Å²) in [5.74, 6) is 0. The average molecular weight is 477 g/mol. The largest absolute Gasteiger partial charge is 0.444 e. The molecule has 0 saturated carbocycles. The number of benzene rings is 1. The molecule has 4 rings (SSSR count). The van der Waals surface area contributed by atoms with E-state index in [1.165, 1.54) is 27.8 Å². The fraction of sp³-hybridized carbons (Fsp3) is 0.517. The van der Waals surface area contributed by atoms with Crippen molar-refractivity contribution in [2.24, 2.45) is 0 Å². The van der Waals surface area contributed by atoms with Gasteiger partial charge < -0.3 is 19.9 Å². The fourth-order valence-electron chi connectivity index (χ4n) is 4.55. The van der Waals surface area contributed by atoms with Crippen LogP contribution in [0.25, 0.3) is 22.2 Å². The standard InChI is InChI=1S/C29H40N4O2/c1-28(2,3)25-19-24-23(12-16-31-26(24)32-25)21-9-7-20(8-10-21)11-15-30-22-13-17-33(18-14-22)27(34)35-29(4,5)6/h7-10,12,16,19,22,30H,11,13-15,17-18H2,1-6H3,(H,31,32). The minimum Gasteiger partial charge on any atom is -0.444 e. The summed E-state index contributed by atoms with van der Waals surface area (Å²) in [5.41, 5.74) is 5.50. The van der Waals surface area contributed by atoms with Crippen molar-refractivity contribution in [3.63, 3.8) is 0 Å². The first-order chi connectivity index (χ1) is 16.5. The molecule has 0 bridgehead atoms. The molecule has 3 heterocycles. The van der Waals surface area contributed by atoms with Gasteiger partial charge in [-0.05, 0) is 75.4 Å². The van der Waals surface area contributed by atoms with Crippen LogP contribution in [-0.2, 0) is 16.6 Å². The van der Waals surface area contributed by atoms with E-state index in [2.05, 4.69) is 72.5 Å². The van der Waals surface area contributed by atoms with Gasteiger partial charge in [-0.3, -0.25) is 0 Å². The molecule has 6 nitrogen and oxygen atoms in total. The lowest BCUT2D eigenvalue weighted by molar-refractivity contribution is 0.0198. The van der Waals surface area contributed by atoms with Crippen molar-refractivity contribution in [1.82, 2.24) is 20.2 Å². The molecular formula is C29H40N4O2. The molecule has 1 aliphatic heterocycles. The van der Waals surface area contributed by atoms with Crippen LogP contribution in [0.4, 0.5) is 4.79 Å². The number of nitrogens with one attached hydrogen (secondary N) is 2. The summed E-state index contributed by atoms with van der Waals surface area (Å²) in [6.07, 6.45) is 4.59. The minimum atomic E-state index is -0.442. The highest BCUT2D eigenvalue weighted by molar-refractivity contribution is 5.93. The zero-order chi connectivity index (χ0) is 25.2. The van der Waals surface area contributed by atoms with Crippen molar-refractivity contribution in [3.8, 4) is 11.1 Å². The van der Waals surface area contributed by atoms with Crippen LogP contribution in [0, 0.1) is 0 Å². The van der Waals surface area contributed by atoms with Crippen molar-refractivity contribution >= 4 is 17.1 Å². The molecule has 0 unspecified atom stereocenters. The third-order valence-corrected chi connectivity index (χ3v) is 6.60. The number of aromatic nitrogens is 2. The molecular weight excluding hydrogens is 436 g/mol. The fourth-order valence-corrected chi connectivity index (χ4v) is 4.55. The van der Waals surface area contributed by atoms with Crippen molar-refractivity contribution in [2.75, 3.05) is 19.6 Å². The van der Waals surface area contributed by atoms with E-state index in [-0.39, 0.29) is 11.5 Å². The van der Waals surface area contributed by atoms with E-state index in [4.69, 9.17) is 4.74 Å². The molecule has 1 amide bonds. The third-order valence-electron chi connectivity index (χ3n) is 6.60. The van der Waals surface area contributed by atoms with E-state index >= 15 is 0 Å². The number of H-pyrrole nitrogens is 1. The second-order valence-corrected chi connectivity index (χ2v) is 11.7. The highest BCUT2D eigenvalue weighted by Crippen LogP contribution is 2.32. The first-order valence-corrected chi connectivity index (χ1v) is 12.8. The number of aromatic amines is 1. The van der Waals surface area contributed by atoms with Gasteiger partial charge >= 0.3 is 6.09 Å². The smallest absolute Gasteiger partial charge is 0.410 e. The predicted molar refractivity (Wildman–Crippen MR) is 143 cm³/mol. The number of rotatable bonds is 5. The van der Waals surface area contributed by atoms with Gasteiger partial charge in [-0.2, -0.15) is 0 Å². The molecule has 1 aliphatic rings. The number of nitrogens with zero attached hydrogens (tertiary/aromatic N) is 2. The van der Waals surface area contributed by atoms with Gasteiger partial charge in [-0.1, -0.05) is 45.0 Å². The molecule has 35 heavy (non-hydrogen) atoms. The zero-order valence-corrected chi connectivity index (χ0v) is 22.1. The van der Waals surface area contributed by atoms with Gasteiger partial charge in [0.2, 0.25) is 0 Å². The maximum atomic E-state index is 12.2. The molecule has 0 spiro atoms. The summed E-state index contributed by atoms with van der Waals surface area (Å²) in [5, 5.41) is 4.84. The number of amides is 1. The van der Waals surface area contributed by atoms with Crippen LogP contribution in [0.15, 0.2) is 42.6 Å². The Morgan fingerprint density at radius 2 is 1.77 bits per heavy atom. The number of fused-ring (bicyclic) bond motifs is 1. The van der Waals surface area contributed by atoms with Gasteiger partial charge in [0.25, 0.3) is 0 Å². The molecule has 3 aromatic rings. The van der Waals surface area contributed by atoms with E-state index in [0.717, 1.165) is 44.5 Å². The Bertz CT molecular complexity index is 1140. The lowest BCUT2D eigenvalue weighted by Crippen LogP contribution is -2.46. The zero-order valence-electron chi connectivity index (χ0n) is 22.1. The second kappa shape index (κ2) is 10.0. The van der Waals surface area contributed by atoms with Crippen LogP contribution in [0.5, 0.6) is 0 Å². The van der Waals surface area contributed by atoms with E-state index < -0.39 is 5.60 Å². The number of piperidine rings is 1. The molecule has 2 aromatic heterocycles. The number of likely N-dealkylation sites (tertiary alicyclic amines) is 1. The average Bonchev–Trinajstić information content (AvgIpc) is 3.24. The van der Waals surface area contributed by atoms with Crippen molar-refractivity contribution < 1.29 is 9.53 Å². The van der Waals surface area contributed by atoms with Crippen molar-refractivity contribution in [1.29, 1.82) is 0 Å². The quantitative estimate of drug-likeness (QED) is 0.470. The molecule has 1 aromatic carbocycles. The maximum absolute atomic E-state index is 12.2. The molecule has 0 radical (unpaired) electrons. The van der Waals surface area contributed by atoms with Crippen LogP contribution in [0.3, 0.4) is 0 Å². The third kappa shape index (κ3) is 6.43. The van der Waals surface area contributed by atoms with E-state index in [1.54, 1.807) is 0 Å². The Morgan fingerprint density at radius 1 is 1.09 bits per heavy atom. The summed E-state index contributed by atoms with van der Waals surface area (Å²) in [6, 6.07) is 13.7. The van der Waals surface area contributed by atoms with Crippen molar-refractivity contribution in [3.05, 3.63) is 53.9 Å². The number of hydrogen-bond acceptors (Lipinski definition) is 4. The molecule has 1 saturated heterocycles. The summed E-state index contributed by atoms with van der Waals surface area (Å²) < 4.78 is 5.49.